The van der Waals surface area contributed by atoms with E-state index in [1.165, 1.54) is 24.2 Å². The fourth-order valence-corrected chi connectivity index (χ4v) is 2.64. The third kappa shape index (κ3) is 4.16. The van der Waals surface area contributed by atoms with E-state index in [2.05, 4.69) is 29.4 Å². The molecule has 106 valence electrons. The first-order valence-electron chi connectivity index (χ1n) is 7.11. The van der Waals surface area contributed by atoms with E-state index >= 15 is 0 Å². The summed E-state index contributed by atoms with van der Waals surface area (Å²) in [7, 11) is 0. The van der Waals surface area contributed by atoms with Gasteiger partial charge in [-0.3, -0.25) is 4.79 Å². The van der Waals surface area contributed by atoms with Gasteiger partial charge in [-0.05, 0) is 31.6 Å². The van der Waals surface area contributed by atoms with Crippen molar-refractivity contribution >= 4 is 22.4 Å². The standard InChI is InChI=1S/C13H22N4OS/c1-3-7-14-13-16-15-11(19-13)12(18)17(8-4-2)9-10-5-6-10/h10H,3-9H2,1-2H3,(H,14,16). The summed E-state index contributed by atoms with van der Waals surface area (Å²) in [4.78, 5) is 14.3. The number of nitrogens with one attached hydrogen (secondary N) is 1. The Balaban J connectivity index is 1.96. The van der Waals surface area contributed by atoms with Crippen LogP contribution in [0, 0.1) is 5.92 Å². The first-order chi connectivity index (χ1) is 9.24. The minimum absolute atomic E-state index is 0.0378. The highest BCUT2D eigenvalue weighted by atomic mass is 32.1. The molecule has 1 aromatic heterocycles. The predicted octanol–water partition coefficient (Wildman–Crippen LogP) is 2.62. The van der Waals surface area contributed by atoms with Crippen LogP contribution in [0.4, 0.5) is 5.13 Å². The molecule has 1 fully saturated rings. The molecule has 0 unspecified atom stereocenters. The van der Waals surface area contributed by atoms with Crippen molar-refractivity contribution < 1.29 is 4.79 Å². The molecule has 0 bridgehead atoms. The molecule has 1 N–H and O–H groups in total. The zero-order valence-corrected chi connectivity index (χ0v) is 12.5. The van der Waals surface area contributed by atoms with Crippen LogP contribution in [0.3, 0.4) is 0 Å². The predicted molar refractivity (Wildman–Crippen MR) is 77.6 cm³/mol. The second-order valence-electron chi connectivity index (χ2n) is 5.03. The molecule has 1 saturated carbocycles. The summed E-state index contributed by atoms with van der Waals surface area (Å²) >= 11 is 1.36. The maximum absolute atomic E-state index is 12.4. The van der Waals surface area contributed by atoms with Crippen LogP contribution in [0.5, 0.6) is 0 Å². The van der Waals surface area contributed by atoms with Crippen LogP contribution < -0.4 is 5.32 Å². The van der Waals surface area contributed by atoms with E-state index in [1.807, 2.05) is 4.90 Å². The van der Waals surface area contributed by atoms with Crippen molar-refractivity contribution in [1.29, 1.82) is 0 Å². The fourth-order valence-electron chi connectivity index (χ4n) is 1.91. The number of aromatic nitrogens is 2. The minimum atomic E-state index is 0.0378. The van der Waals surface area contributed by atoms with Crippen molar-refractivity contribution in [3.63, 3.8) is 0 Å². The molecule has 1 aliphatic carbocycles. The lowest BCUT2D eigenvalue weighted by Gasteiger charge is -2.20. The van der Waals surface area contributed by atoms with Crippen LogP contribution in [0.15, 0.2) is 0 Å². The maximum atomic E-state index is 12.4. The average molecular weight is 282 g/mol. The topological polar surface area (TPSA) is 58.1 Å². The fraction of sp³-hybridized carbons (Fsp3) is 0.769. The Bertz CT molecular complexity index is 417. The highest BCUT2D eigenvalue weighted by Gasteiger charge is 2.28. The minimum Gasteiger partial charge on any atom is -0.360 e. The van der Waals surface area contributed by atoms with E-state index in [-0.39, 0.29) is 5.91 Å². The van der Waals surface area contributed by atoms with Gasteiger partial charge in [0.2, 0.25) is 10.1 Å². The van der Waals surface area contributed by atoms with Crippen molar-refractivity contribution in [2.24, 2.45) is 5.92 Å². The van der Waals surface area contributed by atoms with Crippen LogP contribution in [0.1, 0.15) is 49.3 Å². The van der Waals surface area contributed by atoms with Crippen molar-refractivity contribution in [3.8, 4) is 0 Å². The number of hydrogen-bond acceptors (Lipinski definition) is 5. The zero-order valence-electron chi connectivity index (χ0n) is 11.7. The maximum Gasteiger partial charge on any atom is 0.284 e. The van der Waals surface area contributed by atoms with E-state index in [9.17, 15) is 4.79 Å². The molecular formula is C13H22N4OS. The van der Waals surface area contributed by atoms with Gasteiger partial charge in [0.05, 0.1) is 0 Å². The van der Waals surface area contributed by atoms with Gasteiger partial charge in [-0.15, -0.1) is 10.2 Å². The van der Waals surface area contributed by atoms with Gasteiger partial charge >= 0.3 is 0 Å². The number of amides is 1. The van der Waals surface area contributed by atoms with Crippen molar-refractivity contribution in [2.45, 2.75) is 39.5 Å². The highest BCUT2D eigenvalue weighted by molar-refractivity contribution is 7.17. The molecule has 19 heavy (non-hydrogen) atoms. The first-order valence-corrected chi connectivity index (χ1v) is 7.92. The molecule has 0 aromatic carbocycles. The Labute approximate surface area is 118 Å². The molecule has 1 aromatic rings. The van der Waals surface area contributed by atoms with Gasteiger partial charge < -0.3 is 10.2 Å². The molecule has 0 spiro atoms. The number of hydrogen-bond donors (Lipinski definition) is 1. The second-order valence-corrected chi connectivity index (χ2v) is 6.01. The highest BCUT2D eigenvalue weighted by Crippen LogP contribution is 2.30. The molecular weight excluding hydrogens is 260 g/mol. The lowest BCUT2D eigenvalue weighted by Crippen LogP contribution is -2.33. The van der Waals surface area contributed by atoms with Crippen molar-refractivity contribution in [1.82, 2.24) is 15.1 Å². The SMILES string of the molecule is CCCNc1nnc(C(=O)N(CCC)CC2CC2)s1. The molecule has 0 atom stereocenters. The lowest BCUT2D eigenvalue weighted by molar-refractivity contribution is 0.0746. The first kappa shape index (κ1) is 14.2. The Morgan fingerprint density at radius 1 is 1.37 bits per heavy atom. The monoisotopic (exact) mass is 282 g/mol. The van der Waals surface area contributed by atoms with Gasteiger partial charge in [-0.1, -0.05) is 25.2 Å². The van der Waals surface area contributed by atoms with E-state index in [4.69, 9.17) is 0 Å². The van der Waals surface area contributed by atoms with Crippen molar-refractivity contribution in [3.05, 3.63) is 5.01 Å². The lowest BCUT2D eigenvalue weighted by atomic mass is 10.3. The molecule has 0 aliphatic heterocycles. The van der Waals surface area contributed by atoms with Gasteiger partial charge in [0.25, 0.3) is 5.91 Å². The summed E-state index contributed by atoms with van der Waals surface area (Å²) in [6.45, 7) is 6.75. The summed E-state index contributed by atoms with van der Waals surface area (Å²) in [6, 6.07) is 0. The van der Waals surface area contributed by atoms with Crippen LogP contribution in [-0.2, 0) is 0 Å². The number of anilines is 1. The van der Waals surface area contributed by atoms with Crippen LogP contribution in [-0.4, -0.2) is 40.6 Å². The molecule has 5 nitrogen and oxygen atoms in total. The molecule has 0 radical (unpaired) electrons. The second kappa shape index (κ2) is 6.84. The van der Waals surface area contributed by atoms with Gasteiger partial charge in [0, 0.05) is 19.6 Å². The molecule has 6 heteroatoms. The summed E-state index contributed by atoms with van der Waals surface area (Å²) < 4.78 is 0. The molecule has 0 saturated heterocycles. The van der Waals surface area contributed by atoms with E-state index in [1.54, 1.807) is 0 Å². The Morgan fingerprint density at radius 2 is 2.16 bits per heavy atom. The summed E-state index contributed by atoms with van der Waals surface area (Å²) in [5.41, 5.74) is 0. The van der Waals surface area contributed by atoms with Gasteiger partial charge in [-0.25, -0.2) is 0 Å². The normalized spacial score (nSPS) is 14.4. The molecule has 1 aliphatic rings. The number of rotatable bonds is 8. The summed E-state index contributed by atoms with van der Waals surface area (Å²) in [6.07, 6.45) is 4.53. The van der Waals surface area contributed by atoms with E-state index in [0.29, 0.717) is 10.9 Å². The van der Waals surface area contributed by atoms with E-state index in [0.717, 1.165) is 37.6 Å². The zero-order chi connectivity index (χ0) is 13.7. The smallest absolute Gasteiger partial charge is 0.284 e. The average Bonchev–Trinajstić information content (AvgIpc) is 3.10. The van der Waals surface area contributed by atoms with Crippen LogP contribution in [0.2, 0.25) is 0 Å². The molecule has 1 amide bonds. The molecule has 1 heterocycles. The third-order valence-corrected chi connectivity index (χ3v) is 3.96. The van der Waals surface area contributed by atoms with Gasteiger partial charge in [0.1, 0.15) is 0 Å². The quantitative estimate of drug-likeness (QED) is 0.796. The Morgan fingerprint density at radius 3 is 2.79 bits per heavy atom. The van der Waals surface area contributed by atoms with Gasteiger partial charge in [-0.2, -0.15) is 0 Å². The summed E-state index contributed by atoms with van der Waals surface area (Å²) in [5.74, 6) is 0.747. The van der Waals surface area contributed by atoms with E-state index < -0.39 is 0 Å². The third-order valence-electron chi connectivity index (χ3n) is 3.09. The largest absolute Gasteiger partial charge is 0.360 e. The number of carbonyl (C=O) groups excluding carboxylic acids is 1. The Kier molecular flexibility index (Phi) is 5.13. The van der Waals surface area contributed by atoms with Crippen molar-refractivity contribution in [2.75, 3.05) is 25.0 Å². The van der Waals surface area contributed by atoms with Crippen LogP contribution >= 0.6 is 11.3 Å². The van der Waals surface area contributed by atoms with Gasteiger partial charge in [0.15, 0.2) is 0 Å². The van der Waals surface area contributed by atoms with Crippen LogP contribution in [0.25, 0.3) is 0 Å². The summed E-state index contributed by atoms with van der Waals surface area (Å²) in [5, 5.41) is 12.5. The Hall–Kier alpha value is -1.17. The molecule has 2 rings (SSSR count). The number of carbonyl (C=O) groups is 1. The number of nitrogens with zero attached hydrogens (tertiary/aromatic N) is 3.